The smallest absolute Gasteiger partial charge is 0.0101 e. The summed E-state index contributed by atoms with van der Waals surface area (Å²) in [5.74, 6) is 0. The molecule has 6 heteroatoms. The largest absolute Gasteiger partial charge is 0.329 e. The summed E-state index contributed by atoms with van der Waals surface area (Å²) in [7, 11) is 10.3. The number of hydrogen-bond acceptors (Lipinski definition) is 6. The molecule has 118 valence electrons. The van der Waals surface area contributed by atoms with Gasteiger partial charge in [-0.2, -0.15) is 0 Å². The Morgan fingerprint density at radius 2 is 1.21 bits per heavy atom. The molecule has 6 nitrogen and oxygen atoms in total. The van der Waals surface area contributed by atoms with E-state index in [1.54, 1.807) is 0 Å². The van der Waals surface area contributed by atoms with Crippen molar-refractivity contribution >= 4 is 0 Å². The van der Waals surface area contributed by atoms with Gasteiger partial charge < -0.3 is 31.5 Å². The summed E-state index contributed by atoms with van der Waals surface area (Å²) in [4.78, 5) is 4.32. The summed E-state index contributed by atoms with van der Waals surface area (Å²) in [5, 5.41) is 9.59. The van der Waals surface area contributed by atoms with Gasteiger partial charge in [0, 0.05) is 52.4 Å². The van der Waals surface area contributed by atoms with Crippen LogP contribution in [0.1, 0.15) is 0 Å². The first kappa shape index (κ1) is 21.1. The molecule has 0 aliphatic rings. The molecule has 0 rings (SSSR count). The number of hydrogen-bond donors (Lipinski definition) is 4. The summed E-state index contributed by atoms with van der Waals surface area (Å²) in [6.45, 7) is 8.07. The second kappa shape index (κ2) is 17.8. The molecule has 0 radical (unpaired) electrons. The molecule has 0 aliphatic heterocycles. The quantitative estimate of drug-likeness (QED) is 0.343. The zero-order valence-corrected chi connectivity index (χ0v) is 13.6. The molecule has 0 fully saturated rings. The van der Waals surface area contributed by atoms with E-state index in [9.17, 15) is 0 Å². The standard InChI is InChI=1S/C7H19N3.C6H17N3/c1-8-4-5-9-6-7-10(2)3;1-9(2)6-5-8-4-3-7/h8-9H,4-7H2,1-3H3;8H,3-7H2,1-2H3. The van der Waals surface area contributed by atoms with Crippen LogP contribution in [0, 0.1) is 0 Å². The molecule has 19 heavy (non-hydrogen) atoms. The Balaban J connectivity index is 0. The summed E-state index contributed by atoms with van der Waals surface area (Å²) in [6.07, 6.45) is 0. The molecule has 0 bridgehead atoms. The molecule has 0 unspecified atom stereocenters. The van der Waals surface area contributed by atoms with Crippen LogP contribution in [0.25, 0.3) is 0 Å². The fourth-order valence-electron chi connectivity index (χ4n) is 1.17. The topological polar surface area (TPSA) is 68.6 Å². The molecule has 0 saturated heterocycles. The van der Waals surface area contributed by atoms with Gasteiger partial charge in [-0.1, -0.05) is 0 Å². The van der Waals surface area contributed by atoms with E-state index in [0.29, 0.717) is 0 Å². The van der Waals surface area contributed by atoms with Crippen molar-refractivity contribution in [1.82, 2.24) is 25.8 Å². The van der Waals surface area contributed by atoms with E-state index in [4.69, 9.17) is 5.73 Å². The van der Waals surface area contributed by atoms with Gasteiger partial charge in [0.2, 0.25) is 0 Å². The lowest BCUT2D eigenvalue weighted by Crippen LogP contribution is -2.31. The van der Waals surface area contributed by atoms with Crippen LogP contribution in [-0.2, 0) is 0 Å². The van der Waals surface area contributed by atoms with Gasteiger partial charge in [0.1, 0.15) is 0 Å². The van der Waals surface area contributed by atoms with Crippen LogP contribution in [0.2, 0.25) is 0 Å². The van der Waals surface area contributed by atoms with Crippen molar-refractivity contribution in [2.24, 2.45) is 5.73 Å². The third-order valence-corrected chi connectivity index (χ3v) is 2.34. The molecule has 0 aliphatic carbocycles. The number of likely N-dealkylation sites (N-methyl/N-ethyl adjacent to an activating group) is 3. The van der Waals surface area contributed by atoms with E-state index in [1.807, 2.05) is 7.05 Å². The van der Waals surface area contributed by atoms with Crippen LogP contribution < -0.4 is 21.7 Å². The normalized spacial score (nSPS) is 10.7. The van der Waals surface area contributed by atoms with Gasteiger partial charge in [0.25, 0.3) is 0 Å². The summed E-state index contributed by atoms with van der Waals surface area (Å²) >= 11 is 0. The first-order chi connectivity index (χ1) is 9.04. The lowest BCUT2D eigenvalue weighted by molar-refractivity contribution is 0.400. The molecule has 0 amide bonds. The van der Waals surface area contributed by atoms with Gasteiger partial charge in [0.15, 0.2) is 0 Å². The Morgan fingerprint density at radius 1 is 0.737 bits per heavy atom. The number of nitrogens with two attached hydrogens (primary N) is 1. The number of rotatable bonds is 11. The molecule has 0 atom stereocenters. The minimum atomic E-state index is 0.730. The molecule has 0 saturated carbocycles. The van der Waals surface area contributed by atoms with Crippen molar-refractivity contribution in [2.45, 2.75) is 0 Å². The fourth-order valence-corrected chi connectivity index (χ4v) is 1.17. The highest BCUT2D eigenvalue weighted by Crippen LogP contribution is 1.69. The fraction of sp³-hybridized carbons (Fsp3) is 1.00. The summed E-state index contributed by atoms with van der Waals surface area (Å²) in [6, 6.07) is 0. The van der Waals surface area contributed by atoms with E-state index >= 15 is 0 Å². The SMILES string of the molecule is CN(C)CCNCCN.CNCCNCCN(C)C. The van der Waals surface area contributed by atoms with E-state index in [0.717, 1.165) is 52.4 Å². The first-order valence-corrected chi connectivity index (χ1v) is 7.10. The third kappa shape index (κ3) is 27.1. The second-order valence-corrected chi connectivity index (χ2v) is 5.00. The van der Waals surface area contributed by atoms with E-state index < -0.39 is 0 Å². The van der Waals surface area contributed by atoms with Crippen molar-refractivity contribution in [3.05, 3.63) is 0 Å². The highest BCUT2D eigenvalue weighted by Gasteiger charge is 1.88. The lowest BCUT2D eigenvalue weighted by atomic mass is 10.5. The van der Waals surface area contributed by atoms with Crippen LogP contribution in [-0.4, -0.2) is 97.4 Å². The average molecular weight is 276 g/mol. The average Bonchev–Trinajstić information content (AvgIpc) is 2.35. The maximum absolute atomic E-state index is 5.27. The minimum Gasteiger partial charge on any atom is -0.329 e. The van der Waals surface area contributed by atoms with Gasteiger partial charge in [0.05, 0.1) is 0 Å². The lowest BCUT2D eigenvalue weighted by Gasteiger charge is -2.09. The van der Waals surface area contributed by atoms with Crippen LogP contribution in [0.15, 0.2) is 0 Å². The third-order valence-electron chi connectivity index (χ3n) is 2.34. The van der Waals surface area contributed by atoms with Crippen LogP contribution in [0.3, 0.4) is 0 Å². The number of nitrogens with zero attached hydrogens (tertiary/aromatic N) is 2. The van der Waals surface area contributed by atoms with Gasteiger partial charge in [-0.05, 0) is 35.2 Å². The molecular weight excluding hydrogens is 240 g/mol. The van der Waals surface area contributed by atoms with Gasteiger partial charge in [-0.25, -0.2) is 0 Å². The Morgan fingerprint density at radius 3 is 1.58 bits per heavy atom. The van der Waals surface area contributed by atoms with E-state index in [2.05, 4.69) is 53.9 Å². The maximum Gasteiger partial charge on any atom is 0.0101 e. The van der Waals surface area contributed by atoms with Crippen molar-refractivity contribution in [3.63, 3.8) is 0 Å². The highest BCUT2D eigenvalue weighted by molar-refractivity contribution is 4.51. The zero-order valence-electron chi connectivity index (χ0n) is 13.6. The Hall–Kier alpha value is -0.240. The van der Waals surface area contributed by atoms with Gasteiger partial charge >= 0.3 is 0 Å². The van der Waals surface area contributed by atoms with Gasteiger partial charge in [-0.3, -0.25) is 0 Å². The summed E-state index contributed by atoms with van der Waals surface area (Å²) in [5.41, 5.74) is 5.27. The Kier molecular flexibility index (Phi) is 19.7. The Bertz CT molecular complexity index is 152. The van der Waals surface area contributed by atoms with Crippen molar-refractivity contribution in [3.8, 4) is 0 Å². The van der Waals surface area contributed by atoms with Crippen LogP contribution in [0.5, 0.6) is 0 Å². The predicted molar refractivity (Wildman–Crippen MR) is 85.8 cm³/mol. The highest BCUT2D eigenvalue weighted by atomic mass is 15.1. The van der Waals surface area contributed by atoms with Crippen LogP contribution >= 0.6 is 0 Å². The number of nitrogens with one attached hydrogen (secondary N) is 3. The monoisotopic (exact) mass is 276 g/mol. The minimum absolute atomic E-state index is 0.730. The van der Waals surface area contributed by atoms with Crippen molar-refractivity contribution in [1.29, 1.82) is 0 Å². The molecule has 0 aromatic carbocycles. The van der Waals surface area contributed by atoms with Crippen molar-refractivity contribution in [2.75, 3.05) is 87.6 Å². The van der Waals surface area contributed by atoms with Crippen molar-refractivity contribution < 1.29 is 0 Å². The van der Waals surface area contributed by atoms with E-state index in [1.165, 1.54) is 0 Å². The molecule has 0 heterocycles. The molecule has 5 N–H and O–H groups in total. The first-order valence-electron chi connectivity index (χ1n) is 7.10. The van der Waals surface area contributed by atoms with E-state index in [-0.39, 0.29) is 0 Å². The maximum atomic E-state index is 5.27. The molecule has 0 aromatic heterocycles. The summed E-state index contributed by atoms with van der Waals surface area (Å²) < 4.78 is 0. The second-order valence-electron chi connectivity index (χ2n) is 5.00. The van der Waals surface area contributed by atoms with Crippen LogP contribution in [0.4, 0.5) is 0 Å². The molecule has 0 spiro atoms. The zero-order chi connectivity index (χ0) is 14.9. The Labute approximate surface area is 120 Å². The van der Waals surface area contributed by atoms with Gasteiger partial charge in [-0.15, -0.1) is 0 Å². The molecule has 0 aromatic rings. The predicted octanol–water partition coefficient (Wildman–Crippen LogP) is -1.55. The molecular formula is C13H36N6.